The standard InChI is InChI=1S/C20H24N2O2.ClH/c1-15(21)18-10-11-22(13-18)20(23)17-8-5-9-19(12-17)24-14-16-6-3-2-4-7-16;/h2-9,12,15,18H,10-11,13-14,21H2,1H3;1H. The van der Waals surface area contributed by atoms with Crippen molar-refractivity contribution < 1.29 is 9.53 Å². The van der Waals surface area contributed by atoms with Crippen LogP contribution in [0, 0.1) is 5.92 Å². The Morgan fingerprint density at radius 3 is 2.68 bits per heavy atom. The fraction of sp³-hybridized carbons (Fsp3) is 0.350. The molecule has 134 valence electrons. The molecule has 2 aromatic carbocycles. The summed E-state index contributed by atoms with van der Waals surface area (Å²) in [4.78, 5) is 14.6. The van der Waals surface area contributed by atoms with Crippen molar-refractivity contribution in [2.75, 3.05) is 13.1 Å². The zero-order chi connectivity index (χ0) is 16.9. The Balaban J connectivity index is 0.00000225. The largest absolute Gasteiger partial charge is 0.489 e. The van der Waals surface area contributed by atoms with Crippen LogP contribution in [0.2, 0.25) is 0 Å². The third-order valence-electron chi connectivity index (χ3n) is 4.58. The number of benzene rings is 2. The molecule has 2 N–H and O–H groups in total. The SMILES string of the molecule is CC(N)C1CCN(C(=O)c2cccc(OCc3ccccc3)c2)C1.Cl. The summed E-state index contributed by atoms with van der Waals surface area (Å²) in [5, 5.41) is 0. The smallest absolute Gasteiger partial charge is 0.253 e. The maximum atomic E-state index is 12.7. The summed E-state index contributed by atoms with van der Waals surface area (Å²) in [6.07, 6.45) is 0.980. The monoisotopic (exact) mass is 360 g/mol. The molecule has 0 radical (unpaired) electrons. The highest BCUT2D eigenvalue weighted by atomic mass is 35.5. The second kappa shape index (κ2) is 8.88. The van der Waals surface area contributed by atoms with Crippen LogP contribution >= 0.6 is 12.4 Å². The molecule has 0 aromatic heterocycles. The van der Waals surface area contributed by atoms with Gasteiger partial charge in [-0.2, -0.15) is 0 Å². The molecule has 1 aliphatic heterocycles. The van der Waals surface area contributed by atoms with Crippen molar-refractivity contribution in [1.82, 2.24) is 4.90 Å². The summed E-state index contributed by atoms with van der Waals surface area (Å²) in [5.74, 6) is 1.17. The zero-order valence-corrected chi connectivity index (χ0v) is 15.2. The number of hydrogen-bond donors (Lipinski definition) is 1. The van der Waals surface area contributed by atoms with Gasteiger partial charge < -0.3 is 15.4 Å². The van der Waals surface area contributed by atoms with E-state index >= 15 is 0 Å². The van der Waals surface area contributed by atoms with Crippen molar-refractivity contribution in [3.05, 3.63) is 65.7 Å². The Bertz CT molecular complexity index is 691. The lowest BCUT2D eigenvalue weighted by molar-refractivity contribution is 0.0785. The van der Waals surface area contributed by atoms with Gasteiger partial charge >= 0.3 is 0 Å². The van der Waals surface area contributed by atoms with Gasteiger partial charge in [0.1, 0.15) is 12.4 Å². The molecule has 0 bridgehead atoms. The van der Waals surface area contributed by atoms with Crippen LogP contribution in [0.3, 0.4) is 0 Å². The van der Waals surface area contributed by atoms with Gasteiger partial charge in [-0.25, -0.2) is 0 Å². The highest BCUT2D eigenvalue weighted by molar-refractivity contribution is 5.94. The second-order valence-electron chi connectivity index (χ2n) is 6.46. The number of nitrogens with zero attached hydrogens (tertiary/aromatic N) is 1. The van der Waals surface area contributed by atoms with Gasteiger partial charge in [0.15, 0.2) is 0 Å². The van der Waals surface area contributed by atoms with E-state index in [-0.39, 0.29) is 24.4 Å². The lowest BCUT2D eigenvalue weighted by Gasteiger charge is -2.18. The van der Waals surface area contributed by atoms with Crippen LogP contribution in [0.5, 0.6) is 5.75 Å². The molecule has 2 atom stereocenters. The van der Waals surface area contributed by atoms with Crippen LogP contribution < -0.4 is 10.5 Å². The first-order valence-corrected chi connectivity index (χ1v) is 8.45. The fourth-order valence-corrected chi connectivity index (χ4v) is 3.04. The number of halogens is 1. The van der Waals surface area contributed by atoms with E-state index in [4.69, 9.17) is 10.5 Å². The quantitative estimate of drug-likeness (QED) is 0.887. The van der Waals surface area contributed by atoms with Gasteiger partial charge in [-0.1, -0.05) is 36.4 Å². The first kappa shape index (κ1) is 19.3. The molecule has 1 amide bonds. The van der Waals surface area contributed by atoms with Gasteiger partial charge in [-0.3, -0.25) is 4.79 Å². The maximum Gasteiger partial charge on any atom is 0.253 e. The summed E-state index contributed by atoms with van der Waals surface area (Å²) in [5.41, 5.74) is 7.74. The number of hydrogen-bond acceptors (Lipinski definition) is 3. The predicted octanol–water partition coefficient (Wildman–Crippen LogP) is 3.50. The summed E-state index contributed by atoms with van der Waals surface area (Å²) in [7, 11) is 0. The average molecular weight is 361 g/mol. The Morgan fingerprint density at radius 1 is 1.24 bits per heavy atom. The lowest BCUT2D eigenvalue weighted by Crippen LogP contribution is -2.33. The number of rotatable bonds is 5. The predicted molar refractivity (Wildman–Crippen MR) is 102 cm³/mol. The van der Waals surface area contributed by atoms with E-state index in [0.717, 1.165) is 25.1 Å². The van der Waals surface area contributed by atoms with Crippen LogP contribution in [0.25, 0.3) is 0 Å². The summed E-state index contributed by atoms with van der Waals surface area (Å²) in [6, 6.07) is 17.5. The molecule has 3 rings (SSSR count). The molecular weight excluding hydrogens is 336 g/mol. The molecule has 0 saturated carbocycles. The van der Waals surface area contributed by atoms with Crippen molar-refractivity contribution >= 4 is 18.3 Å². The van der Waals surface area contributed by atoms with Crippen molar-refractivity contribution in [3.63, 3.8) is 0 Å². The molecule has 1 heterocycles. The van der Waals surface area contributed by atoms with Gasteiger partial charge in [0.2, 0.25) is 0 Å². The fourth-order valence-electron chi connectivity index (χ4n) is 3.04. The Morgan fingerprint density at radius 2 is 2.00 bits per heavy atom. The molecule has 4 nitrogen and oxygen atoms in total. The Hall–Kier alpha value is -2.04. The van der Waals surface area contributed by atoms with Crippen LogP contribution in [-0.2, 0) is 6.61 Å². The van der Waals surface area contributed by atoms with Crippen molar-refractivity contribution in [2.45, 2.75) is 26.0 Å². The van der Waals surface area contributed by atoms with E-state index in [1.165, 1.54) is 0 Å². The summed E-state index contributed by atoms with van der Waals surface area (Å²) >= 11 is 0. The minimum Gasteiger partial charge on any atom is -0.489 e. The molecule has 5 heteroatoms. The van der Waals surface area contributed by atoms with Gasteiger partial charge in [0.05, 0.1) is 0 Å². The van der Waals surface area contributed by atoms with Crippen molar-refractivity contribution in [2.24, 2.45) is 11.7 Å². The van der Waals surface area contributed by atoms with Gasteiger partial charge in [-0.05, 0) is 43.0 Å². The number of ether oxygens (including phenoxy) is 1. The highest BCUT2D eigenvalue weighted by Gasteiger charge is 2.29. The van der Waals surface area contributed by atoms with Crippen molar-refractivity contribution in [3.8, 4) is 5.75 Å². The van der Waals surface area contributed by atoms with Gasteiger partial charge in [0, 0.05) is 24.7 Å². The molecule has 25 heavy (non-hydrogen) atoms. The molecular formula is C20H25ClN2O2. The normalized spacial score (nSPS) is 17.7. The molecule has 0 aliphatic carbocycles. The van der Waals surface area contributed by atoms with Crippen LogP contribution in [0.1, 0.15) is 29.3 Å². The highest BCUT2D eigenvalue weighted by Crippen LogP contribution is 2.22. The van der Waals surface area contributed by atoms with E-state index < -0.39 is 0 Å². The van der Waals surface area contributed by atoms with Crippen molar-refractivity contribution in [1.29, 1.82) is 0 Å². The molecule has 2 aromatic rings. The van der Waals surface area contributed by atoms with Gasteiger partial charge in [0.25, 0.3) is 5.91 Å². The Kier molecular flexibility index (Phi) is 6.85. The number of nitrogens with two attached hydrogens (primary N) is 1. The number of carbonyl (C=O) groups excluding carboxylic acids is 1. The lowest BCUT2D eigenvalue weighted by atomic mass is 10.0. The maximum absolute atomic E-state index is 12.7. The third-order valence-corrected chi connectivity index (χ3v) is 4.58. The number of likely N-dealkylation sites (tertiary alicyclic amines) is 1. The Labute approximate surface area is 155 Å². The summed E-state index contributed by atoms with van der Waals surface area (Å²) < 4.78 is 5.81. The minimum absolute atomic E-state index is 0. The van der Waals surface area contributed by atoms with Crippen LogP contribution in [0.4, 0.5) is 0 Å². The third kappa shape index (κ3) is 4.97. The molecule has 2 unspecified atom stereocenters. The topological polar surface area (TPSA) is 55.6 Å². The summed E-state index contributed by atoms with van der Waals surface area (Å²) in [6.45, 7) is 4.03. The molecule has 1 fully saturated rings. The van der Waals surface area contributed by atoms with E-state index in [0.29, 0.717) is 23.8 Å². The van der Waals surface area contributed by atoms with E-state index in [2.05, 4.69) is 0 Å². The molecule has 1 aliphatic rings. The minimum atomic E-state index is 0. The van der Waals surface area contributed by atoms with Crippen LogP contribution in [-0.4, -0.2) is 29.9 Å². The first-order valence-electron chi connectivity index (χ1n) is 8.45. The van der Waals surface area contributed by atoms with Gasteiger partial charge in [-0.15, -0.1) is 12.4 Å². The number of carbonyl (C=O) groups is 1. The van der Waals surface area contributed by atoms with E-state index in [1.54, 1.807) is 0 Å². The zero-order valence-electron chi connectivity index (χ0n) is 14.4. The van der Waals surface area contributed by atoms with E-state index in [1.807, 2.05) is 66.4 Å². The first-order chi connectivity index (χ1) is 11.6. The molecule has 1 saturated heterocycles. The van der Waals surface area contributed by atoms with Crippen LogP contribution in [0.15, 0.2) is 54.6 Å². The number of amides is 1. The van der Waals surface area contributed by atoms with E-state index in [9.17, 15) is 4.79 Å². The molecule has 0 spiro atoms. The average Bonchev–Trinajstić information content (AvgIpc) is 3.11. The second-order valence-corrected chi connectivity index (χ2v) is 6.46.